The number of nitrogens with one attached hydrogen (secondary N) is 1. The van der Waals surface area contributed by atoms with Crippen molar-refractivity contribution in [3.05, 3.63) is 29.3 Å². The van der Waals surface area contributed by atoms with Crippen molar-refractivity contribution in [2.75, 3.05) is 18.5 Å². The molecule has 16 heavy (non-hydrogen) atoms. The predicted molar refractivity (Wildman–Crippen MR) is 59.2 cm³/mol. The Morgan fingerprint density at radius 3 is 3.12 bits per heavy atom. The minimum atomic E-state index is -0.369. The third-order valence-electron chi connectivity index (χ3n) is 2.42. The van der Waals surface area contributed by atoms with Gasteiger partial charge < -0.3 is 15.3 Å². The number of fused-ring (bicyclic) bond motifs is 1. The van der Waals surface area contributed by atoms with Crippen LogP contribution in [0.5, 0.6) is 0 Å². The van der Waals surface area contributed by atoms with Gasteiger partial charge in [-0.05, 0) is 13.0 Å². The summed E-state index contributed by atoms with van der Waals surface area (Å²) in [5, 5.41) is 15.0. The first kappa shape index (κ1) is 10.5. The summed E-state index contributed by atoms with van der Waals surface area (Å²) in [6, 6.07) is 5.22. The van der Waals surface area contributed by atoms with Crippen LogP contribution in [0.15, 0.2) is 23.4 Å². The van der Waals surface area contributed by atoms with Crippen molar-refractivity contribution < 1.29 is 14.7 Å². The molecule has 2 N–H and O–H groups in total. The fourth-order valence-electron chi connectivity index (χ4n) is 1.72. The summed E-state index contributed by atoms with van der Waals surface area (Å²) in [5.74, 6) is -0.369. The van der Waals surface area contributed by atoms with Crippen LogP contribution < -0.4 is 5.32 Å². The average molecular weight is 220 g/mol. The normalized spacial score (nSPS) is 15.7. The van der Waals surface area contributed by atoms with E-state index in [0.717, 1.165) is 5.56 Å². The van der Waals surface area contributed by atoms with Crippen LogP contribution in [0.2, 0.25) is 0 Å². The van der Waals surface area contributed by atoms with Gasteiger partial charge in [-0.25, -0.2) is 4.79 Å². The zero-order valence-electron chi connectivity index (χ0n) is 8.86. The first-order valence-corrected chi connectivity index (χ1v) is 5.03. The summed E-state index contributed by atoms with van der Waals surface area (Å²) in [6.45, 7) is 2.51. The van der Waals surface area contributed by atoms with Crippen molar-refractivity contribution in [1.82, 2.24) is 0 Å². The largest absolute Gasteiger partial charge is 0.462 e. The lowest BCUT2D eigenvalue weighted by Gasteiger charge is -2.06. The van der Waals surface area contributed by atoms with E-state index < -0.39 is 0 Å². The summed E-state index contributed by atoms with van der Waals surface area (Å²) in [5.41, 5.74) is 2.42. The van der Waals surface area contributed by atoms with E-state index in [9.17, 15) is 4.79 Å². The molecule has 0 saturated heterocycles. The van der Waals surface area contributed by atoms with Gasteiger partial charge in [0.15, 0.2) is 0 Å². The van der Waals surface area contributed by atoms with Gasteiger partial charge in [0.1, 0.15) is 5.71 Å². The Kier molecular flexibility index (Phi) is 2.76. The van der Waals surface area contributed by atoms with Crippen molar-refractivity contribution in [2.45, 2.75) is 6.92 Å². The summed E-state index contributed by atoms with van der Waals surface area (Å²) in [7, 11) is 0. The highest BCUT2D eigenvalue weighted by Gasteiger charge is 2.23. The van der Waals surface area contributed by atoms with Crippen LogP contribution in [0.3, 0.4) is 0 Å². The van der Waals surface area contributed by atoms with Crippen molar-refractivity contribution in [3.63, 3.8) is 0 Å². The van der Waals surface area contributed by atoms with Crippen LogP contribution >= 0.6 is 0 Å². The number of para-hydroxylation sites is 1. The molecule has 2 rings (SSSR count). The van der Waals surface area contributed by atoms with Crippen molar-refractivity contribution >= 4 is 17.4 Å². The van der Waals surface area contributed by atoms with Crippen molar-refractivity contribution in [1.29, 1.82) is 0 Å². The number of ether oxygens (including phenoxy) is 1. The van der Waals surface area contributed by atoms with Crippen LogP contribution in [0, 0.1) is 0 Å². The summed E-state index contributed by atoms with van der Waals surface area (Å²) >= 11 is 0. The molecule has 0 saturated carbocycles. The Labute approximate surface area is 92.7 Å². The second kappa shape index (κ2) is 4.22. The highest BCUT2D eigenvalue weighted by atomic mass is 16.5. The molecule has 0 unspecified atom stereocenters. The van der Waals surface area contributed by atoms with Gasteiger partial charge >= 0.3 is 5.97 Å². The lowest BCUT2D eigenvalue weighted by atomic mass is 10.1. The monoisotopic (exact) mass is 220 g/mol. The van der Waals surface area contributed by atoms with Crippen molar-refractivity contribution in [2.24, 2.45) is 5.16 Å². The predicted octanol–water partition coefficient (Wildman–Crippen LogP) is 1.47. The van der Waals surface area contributed by atoms with Gasteiger partial charge in [-0.15, -0.1) is 0 Å². The molecule has 84 valence electrons. The molecule has 0 atom stereocenters. The van der Waals surface area contributed by atoms with Gasteiger partial charge in [0.05, 0.1) is 24.4 Å². The number of esters is 1. The number of nitrogens with zero attached hydrogens (tertiary/aromatic N) is 1. The molecular weight excluding hydrogens is 208 g/mol. The van der Waals surface area contributed by atoms with E-state index in [1.165, 1.54) is 0 Å². The van der Waals surface area contributed by atoms with Crippen LogP contribution in [-0.4, -0.2) is 30.0 Å². The Morgan fingerprint density at radius 1 is 1.62 bits per heavy atom. The lowest BCUT2D eigenvalue weighted by molar-refractivity contribution is 0.0527. The highest BCUT2D eigenvalue weighted by Crippen LogP contribution is 2.27. The number of anilines is 1. The molecule has 1 aromatic rings. The SMILES string of the molecule is CCOC(=O)c1cccc2c1NC/C2=N\O. The van der Waals surface area contributed by atoms with Crippen LogP contribution in [-0.2, 0) is 4.74 Å². The maximum atomic E-state index is 11.6. The van der Waals surface area contributed by atoms with E-state index in [-0.39, 0.29) is 5.97 Å². The second-order valence-electron chi connectivity index (χ2n) is 3.35. The molecule has 0 aromatic heterocycles. The molecule has 5 nitrogen and oxygen atoms in total. The molecule has 1 aliphatic heterocycles. The highest BCUT2D eigenvalue weighted by molar-refractivity contribution is 6.15. The first-order valence-electron chi connectivity index (χ1n) is 5.03. The third-order valence-corrected chi connectivity index (χ3v) is 2.42. The number of carbonyl (C=O) groups is 1. The molecule has 0 fully saturated rings. The van der Waals surface area contributed by atoms with Gasteiger partial charge in [0.2, 0.25) is 0 Å². The van der Waals surface area contributed by atoms with Crippen LogP contribution in [0.4, 0.5) is 5.69 Å². The Morgan fingerprint density at radius 2 is 2.44 bits per heavy atom. The smallest absolute Gasteiger partial charge is 0.340 e. The number of benzene rings is 1. The second-order valence-corrected chi connectivity index (χ2v) is 3.35. The van der Waals surface area contributed by atoms with E-state index in [0.29, 0.717) is 30.1 Å². The molecule has 0 bridgehead atoms. The number of carbonyl (C=O) groups excluding carboxylic acids is 1. The minimum Gasteiger partial charge on any atom is -0.462 e. The summed E-state index contributed by atoms with van der Waals surface area (Å²) in [4.78, 5) is 11.6. The summed E-state index contributed by atoms with van der Waals surface area (Å²) < 4.78 is 4.94. The van der Waals surface area contributed by atoms with Gasteiger partial charge in [0.25, 0.3) is 0 Å². The molecule has 1 aliphatic rings. The maximum absolute atomic E-state index is 11.6. The number of hydrogen-bond donors (Lipinski definition) is 2. The van der Waals surface area contributed by atoms with E-state index in [2.05, 4.69) is 10.5 Å². The first-order chi connectivity index (χ1) is 7.77. The van der Waals surface area contributed by atoms with E-state index >= 15 is 0 Å². The number of rotatable bonds is 2. The molecule has 1 aromatic carbocycles. The lowest BCUT2D eigenvalue weighted by Crippen LogP contribution is -2.07. The third kappa shape index (κ3) is 1.60. The fourth-order valence-corrected chi connectivity index (χ4v) is 1.72. The molecule has 0 spiro atoms. The van der Waals surface area contributed by atoms with Gasteiger partial charge in [0, 0.05) is 5.56 Å². The Bertz CT molecular complexity index is 455. The molecule has 0 amide bonds. The molecular formula is C11H12N2O3. The van der Waals surface area contributed by atoms with Crippen molar-refractivity contribution in [3.8, 4) is 0 Å². The van der Waals surface area contributed by atoms with Crippen LogP contribution in [0.25, 0.3) is 0 Å². The molecule has 0 radical (unpaired) electrons. The van der Waals surface area contributed by atoms with E-state index in [1.54, 1.807) is 25.1 Å². The van der Waals surface area contributed by atoms with E-state index in [1.807, 2.05) is 0 Å². The number of oxime groups is 1. The molecule has 1 heterocycles. The zero-order valence-corrected chi connectivity index (χ0v) is 8.86. The zero-order chi connectivity index (χ0) is 11.5. The van der Waals surface area contributed by atoms with Gasteiger partial charge in [-0.1, -0.05) is 17.3 Å². The molecule has 5 heteroatoms. The number of hydrogen-bond acceptors (Lipinski definition) is 5. The summed E-state index contributed by atoms with van der Waals surface area (Å²) in [6.07, 6.45) is 0. The average Bonchev–Trinajstić information content (AvgIpc) is 2.71. The van der Waals surface area contributed by atoms with Crippen LogP contribution in [0.1, 0.15) is 22.8 Å². The molecule has 0 aliphatic carbocycles. The topological polar surface area (TPSA) is 70.9 Å². The minimum absolute atomic E-state index is 0.337. The fraction of sp³-hybridized carbons (Fsp3) is 0.273. The standard InChI is InChI=1S/C11H12N2O3/c1-2-16-11(14)8-5-3-4-7-9(13-15)6-12-10(7)8/h3-5,12,15H,2,6H2,1H3/b13-9+. The maximum Gasteiger partial charge on any atom is 0.340 e. The van der Waals surface area contributed by atoms with Gasteiger partial charge in [-0.2, -0.15) is 0 Å². The van der Waals surface area contributed by atoms with E-state index in [4.69, 9.17) is 9.94 Å². The Hall–Kier alpha value is -2.04. The quantitative estimate of drug-likeness (QED) is 0.449. The Balaban J connectivity index is 2.43. The van der Waals surface area contributed by atoms with Gasteiger partial charge in [-0.3, -0.25) is 0 Å².